The molecule has 0 nitrogen and oxygen atoms in total. The molecule has 0 saturated heterocycles. The normalized spacial score (nSPS) is 6.00. The van der Waals surface area contributed by atoms with Gasteiger partial charge in [-0.1, -0.05) is 13.5 Å². The second-order valence-corrected chi connectivity index (χ2v) is 3.67. The second kappa shape index (κ2) is 9.66. The molecular formula is C3H12IS2+. The van der Waals surface area contributed by atoms with E-state index >= 15 is 0 Å². The van der Waals surface area contributed by atoms with Gasteiger partial charge in [-0.05, 0) is 10.9 Å². The summed E-state index contributed by atoms with van der Waals surface area (Å²) in [5.41, 5.74) is 0. The summed E-state index contributed by atoms with van der Waals surface area (Å²) in [7, 11) is 0.639. The standard InChI is InChI=1S/C3H9S.HI.H2S/c1-4(2)3;;/h1-3H3;1H;1H2/q+1;;. The number of hydrogen-bond donors (Lipinski definition) is 0. The first-order valence-electron chi connectivity index (χ1n) is 1.22. The Hall–Kier alpha value is 1.43. The highest BCUT2D eigenvalue weighted by molar-refractivity contribution is 7.94. The van der Waals surface area contributed by atoms with Gasteiger partial charge in [-0.25, -0.2) is 0 Å². The molecule has 0 bridgehead atoms. The first-order valence-corrected chi connectivity index (χ1v) is 3.67. The van der Waals surface area contributed by atoms with E-state index in [1.165, 1.54) is 0 Å². The van der Waals surface area contributed by atoms with Crippen LogP contribution in [0.25, 0.3) is 0 Å². The molecule has 0 aliphatic heterocycles. The monoisotopic (exact) mass is 239 g/mol. The lowest BCUT2D eigenvalue weighted by molar-refractivity contribution is -0.00000123. The van der Waals surface area contributed by atoms with Crippen molar-refractivity contribution in [2.75, 3.05) is 18.8 Å². The summed E-state index contributed by atoms with van der Waals surface area (Å²) in [4.78, 5) is 0. The van der Waals surface area contributed by atoms with Gasteiger partial charge in [0.05, 0.1) is 18.8 Å². The number of hydrogen-bond acceptors (Lipinski definition) is 0. The molecular weight excluding hydrogens is 227 g/mol. The molecule has 0 heterocycles. The van der Waals surface area contributed by atoms with E-state index in [2.05, 4.69) is 18.8 Å². The van der Waals surface area contributed by atoms with Crippen molar-refractivity contribution < 1.29 is 24.0 Å². The zero-order chi connectivity index (χ0) is 3.58. The van der Waals surface area contributed by atoms with Crippen molar-refractivity contribution in [3.8, 4) is 0 Å². The minimum absolute atomic E-state index is 0. The topological polar surface area (TPSA) is 0 Å². The van der Waals surface area contributed by atoms with Crippen LogP contribution >= 0.6 is 0 Å². The predicted molar refractivity (Wildman–Crippen MR) is 36.7 cm³/mol. The highest BCUT2D eigenvalue weighted by atomic mass is 127. The Bertz CT molecular complexity index is 13.5. The zero-order valence-corrected chi connectivity index (χ0v) is 8.49. The molecule has 0 aromatic carbocycles. The van der Waals surface area contributed by atoms with Crippen molar-refractivity contribution >= 4 is 24.4 Å². The summed E-state index contributed by atoms with van der Waals surface area (Å²) in [5.74, 6) is 0. The van der Waals surface area contributed by atoms with Crippen molar-refractivity contribution in [1.29, 1.82) is 0 Å². The Balaban J connectivity index is -0.0000000450. The SMILES string of the molecule is C[S+](C)C.[I-].[SH3+]. The van der Waals surface area contributed by atoms with Gasteiger partial charge in [0.1, 0.15) is 0 Å². The Morgan fingerprint density at radius 2 is 1.00 bits per heavy atom. The highest BCUT2D eigenvalue weighted by Gasteiger charge is 1.77. The van der Waals surface area contributed by atoms with Gasteiger partial charge in [0.25, 0.3) is 0 Å². The molecule has 0 rings (SSSR count). The average molecular weight is 239 g/mol. The van der Waals surface area contributed by atoms with Gasteiger partial charge in [-0.3, -0.25) is 0 Å². The molecule has 0 atom stereocenters. The maximum Gasteiger partial charge on any atom is 0.0969 e. The first-order chi connectivity index (χ1) is 1.73. The third-order valence-electron chi connectivity index (χ3n) is 0. The fourth-order valence-corrected chi connectivity index (χ4v) is 0. The molecule has 0 aliphatic rings. The lowest BCUT2D eigenvalue weighted by atomic mass is 11.9. The molecule has 0 amide bonds. The third-order valence-corrected chi connectivity index (χ3v) is 0. The Kier molecular flexibility index (Phi) is 25.2. The van der Waals surface area contributed by atoms with Crippen LogP contribution in [0.1, 0.15) is 0 Å². The Labute approximate surface area is 66.9 Å². The maximum absolute atomic E-state index is 2.19. The fourth-order valence-electron chi connectivity index (χ4n) is 0. The summed E-state index contributed by atoms with van der Waals surface area (Å²) in [6.07, 6.45) is 6.58. The van der Waals surface area contributed by atoms with E-state index in [1.54, 1.807) is 0 Å². The van der Waals surface area contributed by atoms with Crippen molar-refractivity contribution in [2.24, 2.45) is 0 Å². The molecule has 6 heavy (non-hydrogen) atoms. The van der Waals surface area contributed by atoms with E-state index in [0.717, 1.165) is 0 Å². The summed E-state index contributed by atoms with van der Waals surface area (Å²) >= 11 is 0. The van der Waals surface area contributed by atoms with Crippen LogP contribution < -0.4 is 24.0 Å². The van der Waals surface area contributed by atoms with Gasteiger partial charge in [-0.15, -0.1) is 0 Å². The predicted octanol–water partition coefficient (Wildman–Crippen LogP) is -3.31. The first kappa shape index (κ1) is 15.7. The minimum Gasteiger partial charge on any atom is -1.00 e. The zero-order valence-electron chi connectivity index (χ0n) is 4.36. The number of rotatable bonds is 0. The van der Waals surface area contributed by atoms with Crippen LogP contribution in [0.4, 0.5) is 0 Å². The van der Waals surface area contributed by atoms with Crippen molar-refractivity contribution in [1.82, 2.24) is 0 Å². The van der Waals surface area contributed by atoms with Gasteiger partial charge in [0.15, 0.2) is 0 Å². The Morgan fingerprint density at radius 3 is 1.00 bits per heavy atom. The van der Waals surface area contributed by atoms with Crippen molar-refractivity contribution in [3.63, 3.8) is 0 Å². The summed E-state index contributed by atoms with van der Waals surface area (Å²) < 4.78 is 0. The molecule has 0 N–H and O–H groups in total. The van der Waals surface area contributed by atoms with Crippen LogP contribution in [0.2, 0.25) is 0 Å². The summed E-state index contributed by atoms with van der Waals surface area (Å²) in [6.45, 7) is 0. The van der Waals surface area contributed by atoms with E-state index in [4.69, 9.17) is 0 Å². The molecule has 0 aromatic heterocycles. The number of halogens is 1. The molecule has 42 valence electrons. The largest absolute Gasteiger partial charge is 1.00 e. The molecule has 0 spiro atoms. The van der Waals surface area contributed by atoms with Crippen LogP contribution in [0, 0.1) is 0 Å². The van der Waals surface area contributed by atoms with Crippen LogP contribution in [0.3, 0.4) is 0 Å². The molecule has 0 saturated carbocycles. The van der Waals surface area contributed by atoms with Crippen molar-refractivity contribution in [3.05, 3.63) is 0 Å². The molecule has 0 unspecified atom stereocenters. The fraction of sp³-hybridized carbons (Fsp3) is 1.00. The van der Waals surface area contributed by atoms with Gasteiger partial charge >= 0.3 is 0 Å². The molecule has 0 aliphatic carbocycles. The van der Waals surface area contributed by atoms with E-state index in [-0.39, 0.29) is 37.5 Å². The van der Waals surface area contributed by atoms with E-state index < -0.39 is 0 Å². The summed E-state index contributed by atoms with van der Waals surface area (Å²) in [6, 6.07) is 0. The molecule has 0 aromatic rings. The quantitative estimate of drug-likeness (QED) is 0.307. The van der Waals surface area contributed by atoms with Crippen LogP contribution in [-0.2, 0) is 24.4 Å². The van der Waals surface area contributed by atoms with Crippen LogP contribution in [-0.4, -0.2) is 18.8 Å². The van der Waals surface area contributed by atoms with Gasteiger partial charge in [0, 0.05) is 0 Å². The lowest BCUT2D eigenvalue weighted by Crippen LogP contribution is -3.00. The third kappa shape index (κ3) is 52.1. The van der Waals surface area contributed by atoms with Crippen molar-refractivity contribution in [2.45, 2.75) is 0 Å². The molecule has 0 radical (unpaired) electrons. The summed E-state index contributed by atoms with van der Waals surface area (Å²) in [5, 5.41) is 0. The maximum atomic E-state index is 2.19. The molecule has 3 heteroatoms. The van der Waals surface area contributed by atoms with Crippen LogP contribution in [0.5, 0.6) is 0 Å². The lowest BCUT2D eigenvalue weighted by Gasteiger charge is -1.69. The van der Waals surface area contributed by atoms with Gasteiger partial charge in [-0.2, -0.15) is 0 Å². The smallest absolute Gasteiger partial charge is 0.0969 e. The van der Waals surface area contributed by atoms with E-state index in [9.17, 15) is 0 Å². The van der Waals surface area contributed by atoms with Crippen LogP contribution in [0.15, 0.2) is 0 Å². The Morgan fingerprint density at radius 1 is 1.00 bits per heavy atom. The van der Waals surface area contributed by atoms with E-state index in [0.29, 0.717) is 10.9 Å². The highest BCUT2D eigenvalue weighted by Crippen LogP contribution is 1.63. The van der Waals surface area contributed by atoms with Gasteiger partial charge < -0.3 is 24.0 Å². The second-order valence-electron chi connectivity index (χ2n) is 1.22. The molecule has 0 fully saturated rings. The minimum atomic E-state index is 0. The van der Waals surface area contributed by atoms with E-state index in [1.807, 2.05) is 0 Å². The average Bonchev–Trinajstić information content (AvgIpc) is 0.811. The van der Waals surface area contributed by atoms with Gasteiger partial charge in [0.2, 0.25) is 0 Å².